The first kappa shape index (κ1) is 23.6. The molecule has 1 fully saturated rings. The van der Waals surface area contributed by atoms with Gasteiger partial charge in [0.25, 0.3) is 8.32 Å². The quantitative estimate of drug-likeness (QED) is 0.670. The van der Waals surface area contributed by atoms with E-state index in [1.165, 1.54) is 0 Å². The monoisotopic (exact) mass is 439 g/mol. The molecule has 3 rings (SSSR count). The summed E-state index contributed by atoms with van der Waals surface area (Å²) in [5.74, 6) is -0.800. The second kappa shape index (κ2) is 8.85. The molecule has 1 aliphatic rings. The highest BCUT2D eigenvalue weighted by molar-refractivity contribution is 6.99. The molecule has 2 aromatic rings. The van der Waals surface area contributed by atoms with Gasteiger partial charge in [-0.1, -0.05) is 81.4 Å². The third-order valence-corrected chi connectivity index (χ3v) is 10.9. The van der Waals surface area contributed by atoms with Gasteiger partial charge in [0.1, 0.15) is 11.7 Å². The summed E-state index contributed by atoms with van der Waals surface area (Å²) in [5.41, 5.74) is -1.48. The van der Waals surface area contributed by atoms with Gasteiger partial charge in [0.15, 0.2) is 5.79 Å². The minimum atomic E-state index is -2.84. The van der Waals surface area contributed by atoms with Crippen LogP contribution >= 0.6 is 0 Å². The largest absolute Gasteiger partial charge is 0.404 e. The van der Waals surface area contributed by atoms with Gasteiger partial charge in [0, 0.05) is 0 Å². The number of ether oxygens (including phenoxy) is 2. The predicted octanol–water partition coefficient (Wildman–Crippen LogP) is 3.36. The third kappa shape index (κ3) is 4.76. The van der Waals surface area contributed by atoms with E-state index in [0.717, 1.165) is 10.4 Å². The third-order valence-electron chi connectivity index (χ3n) is 5.95. The van der Waals surface area contributed by atoms with Gasteiger partial charge in [0.2, 0.25) is 0 Å². The van der Waals surface area contributed by atoms with Crippen LogP contribution in [0.3, 0.4) is 0 Å². The molecule has 2 atom stereocenters. The maximum absolute atomic E-state index is 11.5. The molecule has 0 aliphatic carbocycles. The summed E-state index contributed by atoms with van der Waals surface area (Å²) in [6.07, 6.45) is -0.740. The molecule has 0 bridgehead atoms. The highest BCUT2D eigenvalue weighted by Crippen LogP contribution is 2.38. The molecule has 5 nitrogen and oxygen atoms in total. The Morgan fingerprint density at radius 1 is 1.06 bits per heavy atom. The summed E-state index contributed by atoms with van der Waals surface area (Å²) < 4.78 is 18.5. The molecule has 31 heavy (non-hydrogen) atoms. The molecule has 1 heterocycles. The number of hydrogen-bond acceptors (Lipinski definition) is 5. The number of aliphatic hydroxyl groups is 1. The number of nitriles is 1. The Hall–Kier alpha value is -2.01. The summed E-state index contributed by atoms with van der Waals surface area (Å²) >= 11 is 0. The fourth-order valence-electron chi connectivity index (χ4n) is 4.34. The van der Waals surface area contributed by atoms with E-state index in [4.69, 9.17) is 13.9 Å². The Balaban J connectivity index is 2.05. The van der Waals surface area contributed by atoms with E-state index >= 15 is 0 Å². The van der Waals surface area contributed by atoms with E-state index in [-0.39, 0.29) is 24.7 Å². The predicted molar refractivity (Wildman–Crippen MR) is 124 cm³/mol. The molecule has 6 heteroatoms. The van der Waals surface area contributed by atoms with Gasteiger partial charge in [0.05, 0.1) is 25.7 Å². The van der Waals surface area contributed by atoms with Crippen LogP contribution in [0, 0.1) is 11.3 Å². The second-order valence-corrected chi connectivity index (χ2v) is 14.0. The Morgan fingerprint density at radius 2 is 1.58 bits per heavy atom. The molecule has 1 aliphatic heterocycles. The normalized spacial score (nSPS) is 20.7. The number of benzene rings is 2. The molecule has 166 valence electrons. The molecule has 1 saturated heterocycles. The maximum atomic E-state index is 11.5. The van der Waals surface area contributed by atoms with E-state index in [1.54, 1.807) is 0 Å². The van der Waals surface area contributed by atoms with Crippen molar-refractivity contribution in [2.75, 3.05) is 13.2 Å². The maximum Gasteiger partial charge on any atom is 0.261 e. The van der Waals surface area contributed by atoms with E-state index < -0.39 is 25.8 Å². The van der Waals surface area contributed by atoms with Crippen LogP contribution in [-0.4, -0.2) is 44.1 Å². The van der Waals surface area contributed by atoms with Gasteiger partial charge in [-0.2, -0.15) is 5.26 Å². The summed E-state index contributed by atoms with van der Waals surface area (Å²) in [6, 6.07) is 22.6. The fraction of sp³-hybridized carbons (Fsp3) is 0.480. The highest BCUT2D eigenvalue weighted by atomic mass is 28.4. The molecule has 0 amide bonds. The van der Waals surface area contributed by atoms with Gasteiger partial charge >= 0.3 is 0 Å². The highest BCUT2D eigenvalue weighted by Gasteiger charge is 2.53. The number of hydrogen-bond donors (Lipinski definition) is 1. The van der Waals surface area contributed by atoms with Crippen LogP contribution in [0.5, 0.6) is 0 Å². The zero-order valence-corrected chi connectivity index (χ0v) is 20.1. The van der Waals surface area contributed by atoms with Gasteiger partial charge in [-0.3, -0.25) is 0 Å². The van der Waals surface area contributed by atoms with Crippen molar-refractivity contribution in [1.82, 2.24) is 0 Å². The van der Waals surface area contributed by atoms with Gasteiger partial charge in [-0.25, -0.2) is 0 Å². The van der Waals surface area contributed by atoms with Crippen molar-refractivity contribution >= 4 is 18.7 Å². The molecule has 0 aromatic heterocycles. The SMILES string of the molecule is CC1(C)OC[C@@H]([C@@](O)(CC#N)CO[Si](c2ccccc2)(c2ccccc2)C(C)(C)C)O1. The molecular weight excluding hydrogens is 406 g/mol. The smallest absolute Gasteiger partial charge is 0.261 e. The van der Waals surface area contributed by atoms with Crippen LogP contribution in [0.1, 0.15) is 41.0 Å². The first-order valence-corrected chi connectivity index (χ1v) is 12.6. The zero-order valence-electron chi connectivity index (χ0n) is 19.1. The number of nitrogens with zero attached hydrogens (tertiary/aromatic N) is 1. The molecule has 0 unspecified atom stereocenters. The molecule has 0 spiro atoms. The van der Waals surface area contributed by atoms with Crippen molar-refractivity contribution in [2.24, 2.45) is 0 Å². The lowest BCUT2D eigenvalue weighted by Crippen LogP contribution is -2.68. The minimum absolute atomic E-state index is 0.0159. The lowest BCUT2D eigenvalue weighted by Gasteiger charge is -2.45. The van der Waals surface area contributed by atoms with Crippen LogP contribution < -0.4 is 10.4 Å². The van der Waals surface area contributed by atoms with E-state index in [2.05, 4.69) is 51.1 Å². The Morgan fingerprint density at radius 3 is 1.97 bits per heavy atom. The fourth-order valence-corrected chi connectivity index (χ4v) is 8.96. The summed E-state index contributed by atoms with van der Waals surface area (Å²) in [4.78, 5) is 0. The van der Waals surface area contributed by atoms with Gasteiger partial charge in [-0.05, 0) is 29.3 Å². The second-order valence-electron chi connectivity index (χ2n) is 9.71. The minimum Gasteiger partial charge on any atom is -0.404 e. The van der Waals surface area contributed by atoms with Gasteiger partial charge < -0.3 is 19.0 Å². The van der Waals surface area contributed by atoms with Crippen LogP contribution in [0.15, 0.2) is 60.7 Å². The number of rotatable bonds is 7. The molecule has 2 aromatic carbocycles. The van der Waals surface area contributed by atoms with Crippen molar-refractivity contribution in [2.45, 2.75) is 63.6 Å². The lowest BCUT2D eigenvalue weighted by molar-refractivity contribution is -0.175. The average Bonchev–Trinajstić information content (AvgIpc) is 3.10. The van der Waals surface area contributed by atoms with Crippen LogP contribution in [0.4, 0.5) is 0 Å². The van der Waals surface area contributed by atoms with E-state index in [0.29, 0.717) is 0 Å². The Kier molecular flexibility index (Phi) is 6.75. The van der Waals surface area contributed by atoms with Crippen LogP contribution in [-0.2, 0) is 13.9 Å². The molecule has 0 saturated carbocycles. The van der Waals surface area contributed by atoms with Crippen molar-refractivity contribution in [1.29, 1.82) is 5.26 Å². The Labute approximate surface area is 186 Å². The van der Waals surface area contributed by atoms with Crippen molar-refractivity contribution in [3.63, 3.8) is 0 Å². The molecular formula is C25H33NO4Si. The zero-order chi connectivity index (χ0) is 22.8. The average molecular weight is 440 g/mol. The Bertz CT molecular complexity index is 865. The van der Waals surface area contributed by atoms with Crippen molar-refractivity contribution in [3.8, 4) is 6.07 Å². The first-order valence-electron chi connectivity index (χ1n) is 10.7. The van der Waals surface area contributed by atoms with Crippen molar-refractivity contribution < 1.29 is 19.0 Å². The van der Waals surface area contributed by atoms with Crippen LogP contribution in [0.2, 0.25) is 5.04 Å². The molecule has 1 N–H and O–H groups in total. The lowest BCUT2D eigenvalue weighted by atomic mass is 9.95. The van der Waals surface area contributed by atoms with Crippen LogP contribution in [0.25, 0.3) is 0 Å². The summed E-state index contributed by atoms with van der Waals surface area (Å²) in [7, 11) is -2.84. The summed E-state index contributed by atoms with van der Waals surface area (Å²) in [6.45, 7) is 10.4. The van der Waals surface area contributed by atoms with Gasteiger partial charge in [-0.15, -0.1) is 0 Å². The standard InChI is InChI=1S/C25H33NO4Si/c1-23(2,3)31(20-12-8-6-9-13-20,21-14-10-7-11-15-21)29-19-25(27,16-17-26)22-18-28-24(4,5)30-22/h6-15,22,27H,16,18-19H2,1-5H3/t22-,25+/m0/s1. The van der Waals surface area contributed by atoms with E-state index in [9.17, 15) is 10.4 Å². The van der Waals surface area contributed by atoms with E-state index in [1.807, 2.05) is 50.2 Å². The van der Waals surface area contributed by atoms with Crippen molar-refractivity contribution in [3.05, 3.63) is 60.7 Å². The molecule has 0 radical (unpaired) electrons. The topological polar surface area (TPSA) is 71.7 Å². The summed E-state index contributed by atoms with van der Waals surface area (Å²) in [5, 5.41) is 23.0. The first-order chi connectivity index (χ1) is 14.5.